The zero-order valence-corrected chi connectivity index (χ0v) is 10.0. The first-order chi connectivity index (χ1) is 8.15. The van der Waals surface area contributed by atoms with Crippen molar-refractivity contribution < 1.29 is 4.39 Å². The minimum atomic E-state index is -0.200. The molecule has 0 unspecified atom stereocenters. The molecule has 3 nitrogen and oxygen atoms in total. The molecule has 0 spiro atoms. The van der Waals surface area contributed by atoms with E-state index in [0.717, 1.165) is 11.3 Å². The Labute approximate surface area is 100 Å². The third-order valence-electron chi connectivity index (χ3n) is 2.71. The number of hydrogen-bond donors (Lipinski definition) is 1. The molecule has 0 amide bonds. The largest absolute Gasteiger partial charge is 0.304 e. The fourth-order valence-corrected chi connectivity index (χ4v) is 1.71. The molecular weight excluding hydrogens is 217 g/mol. The molecule has 0 bridgehead atoms. The number of halogens is 1. The first kappa shape index (κ1) is 11.8. The molecule has 0 saturated carbocycles. The molecule has 1 heterocycles. The van der Waals surface area contributed by atoms with Crippen molar-refractivity contribution in [1.29, 1.82) is 0 Å². The second-order valence-electron chi connectivity index (χ2n) is 4.14. The van der Waals surface area contributed by atoms with Crippen molar-refractivity contribution in [2.75, 3.05) is 0 Å². The Hall–Kier alpha value is -1.68. The second-order valence-corrected chi connectivity index (χ2v) is 4.14. The van der Waals surface area contributed by atoms with E-state index in [1.54, 1.807) is 16.8 Å². The number of aromatic nitrogens is 2. The zero-order chi connectivity index (χ0) is 12.3. The van der Waals surface area contributed by atoms with Crippen LogP contribution < -0.4 is 5.32 Å². The van der Waals surface area contributed by atoms with Gasteiger partial charge in [-0.2, -0.15) is 5.10 Å². The SMILES string of the molecule is C[C@H](NCc1ccn(C)n1)c1cccc(F)c1. The van der Waals surface area contributed by atoms with Gasteiger partial charge in [0.1, 0.15) is 5.82 Å². The van der Waals surface area contributed by atoms with Gasteiger partial charge in [-0.3, -0.25) is 4.68 Å². The molecule has 0 aliphatic carbocycles. The molecule has 17 heavy (non-hydrogen) atoms. The Morgan fingerprint density at radius 1 is 1.41 bits per heavy atom. The molecule has 1 aromatic carbocycles. The fraction of sp³-hybridized carbons (Fsp3) is 0.308. The van der Waals surface area contributed by atoms with E-state index in [-0.39, 0.29) is 11.9 Å². The van der Waals surface area contributed by atoms with Gasteiger partial charge < -0.3 is 5.32 Å². The maximum Gasteiger partial charge on any atom is 0.123 e. The highest BCUT2D eigenvalue weighted by atomic mass is 19.1. The van der Waals surface area contributed by atoms with Gasteiger partial charge in [-0.25, -0.2) is 4.39 Å². The van der Waals surface area contributed by atoms with Crippen LogP contribution in [0.25, 0.3) is 0 Å². The average Bonchev–Trinajstić information content (AvgIpc) is 2.72. The predicted molar refractivity (Wildman–Crippen MR) is 64.9 cm³/mol. The molecule has 2 rings (SSSR count). The number of rotatable bonds is 4. The highest BCUT2D eigenvalue weighted by Crippen LogP contribution is 2.13. The minimum absolute atomic E-state index is 0.104. The number of nitrogens with zero attached hydrogens (tertiary/aromatic N) is 2. The number of benzene rings is 1. The lowest BCUT2D eigenvalue weighted by molar-refractivity contribution is 0.554. The Bertz CT molecular complexity index is 493. The summed E-state index contributed by atoms with van der Waals surface area (Å²) in [7, 11) is 1.89. The van der Waals surface area contributed by atoms with Crippen molar-refractivity contribution in [1.82, 2.24) is 15.1 Å². The van der Waals surface area contributed by atoms with E-state index in [0.29, 0.717) is 6.54 Å². The van der Waals surface area contributed by atoms with E-state index in [1.165, 1.54) is 6.07 Å². The highest BCUT2D eigenvalue weighted by molar-refractivity contribution is 5.19. The predicted octanol–water partition coefficient (Wildman–Crippen LogP) is 2.41. The van der Waals surface area contributed by atoms with Crippen LogP contribution in [0.15, 0.2) is 36.5 Å². The van der Waals surface area contributed by atoms with Gasteiger partial charge in [-0.15, -0.1) is 0 Å². The Morgan fingerprint density at radius 2 is 2.24 bits per heavy atom. The van der Waals surface area contributed by atoms with Crippen LogP contribution in [0, 0.1) is 5.82 Å². The fourth-order valence-electron chi connectivity index (χ4n) is 1.71. The Kier molecular flexibility index (Phi) is 3.54. The normalized spacial score (nSPS) is 12.6. The van der Waals surface area contributed by atoms with Crippen LogP contribution in [0.1, 0.15) is 24.2 Å². The molecule has 4 heteroatoms. The van der Waals surface area contributed by atoms with Crippen LogP contribution >= 0.6 is 0 Å². The van der Waals surface area contributed by atoms with Gasteiger partial charge in [0, 0.05) is 25.8 Å². The van der Waals surface area contributed by atoms with E-state index in [2.05, 4.69) is 10.4 Å². The molecular formula is C13H16FN3. The average molecular weight is 233 g/mol. The smallest absolute Gasteiger partial charge is 0.123 e. The van der Waals surface area contributed by atoms with E-state index >= 15 is 0 Å². The molecule has 0 fully saturated rings. The van der Waals surface area contributed by atoms with Gasteiger partial charge >= 0.3 is 0 Å². The van der Waals surface area contributed by atoms with E-state index in [1.807, 2.05) is 32.3 Å². The van der Waals surface area contributed by atoms with Crippen LogP contribution in [0.4, 0.5) is 4.39 Å². The summed E-state index contributed by atoms with van der Waals surface area (Å²) in [5.41, 5.74) is 1.93. The molecule has 90 valence electrons. The molecule has 0 aliphatic heterocycles. The maximum absolute atomic E-state index is 13.1. The standard InChI is InChI=1S/C13H16FN3/c1-10(11-4-3-5-12(14)8-11)15-9-13-6-7-17(2)16-13/h3-8,10,15H,9H2,1-2H3/t10-/m0/s1. The maximum atomic E-state index is 13.1. The van der Waals surface area contributed by atoms with Crippen LogP contribution in [0.2, 0.25) is 0 Å². The van der Waals surface area contributed by atoms with Crippen molar-refractivity contribution in [2.24, 2.45) is 7.05 Å². The summed E-state index contributed by atoms with van der Waals surface area (Å²) in [6, 6.07) is 8.71. The summed E-state index contributed by atoms with van der Waals surface area (Å²) < 4.78 is 14.8. The highest BCUT2D eigenvalue weighted by Gasteiger charge is 2.06. The zero-order valence-electron chi connectivity index (χ0n) is 10.0. The van der Waals surface area contributed by atoms with Gasteiger partial charge in [0.25, 0.3) is 0 Å². The summed E-state index contributed by atoms with van der Waals surface area (Å²) in [5, 5.41) is 7.59. The van der Waals surface area contributed by atoms with Gasteiger partial charge in [-0.1, -0.05) is 12.1 Å². The Morgan fingerprint density at radius 3 is 2.88 bits per heavy atom. The number of hydrogen-bond acceptors (Lipinski definition) is 2. The molecule has 0 saturated heterocycles. The molecule has 2 aromatic rings. The van der Waals surface area contributed by atoms with Gasteiger partial charge in [-0.05, 0) is 30.7 Å². The Balaban J connectivity index is 1.95. The van der Waals surface area contributed by atoms with Crippen molar-refractivity contribution in [3.05, 3.63) is 53.6 Å². The number of aryl methyl sites for hydroxylation is 1. The van der Waals surface area contributed by atoms with Crippen LogP contribution in [-0.2, 0) is 13.6 Å². The summed E-state index contributed by atoms with van der Waals surface area (Å²) >= 11 is 0. The quantitative estimate of drug-likeness (QED) is 0.878. The summed E-state index contributed by atoms with van der Waals surface area (Å²) in [5.74, 6) is -0.200. The lowest BCUT2D eigenvalue weighted by Crippen LogP contribution is -2.18. The van der Waals surface area contributed by atoms with Crippen molar-refractivity contribution in [3.8, 4) is 0 Å². The number of nitrogens with one attached hydrogen (secondary N) is 1. The monoisotopic (exact) mass is 233 g/mol. The van der Waals surface area contributed by atoms with Gasteiger partial charge in [0.15, 0.2) is 0 Å². The summed E-state index contributed by atoms with van der Waals surface area (Å²) in [6.45, 7) is 2.69. The molecule has 1 N–H and O–H groups in total. The lowest BCUT2D eigenvalue weighted by atomic mass is 10.1. The van der Waals surface area contributed by atoms with Crippen LogP contribution in [-0.4, -0.2) is 9.78 Å². The molecule has 0 radical (unpaired) electrons. The van der Waals surface area contributed by atoms with Crippen molar-refractivity contribution in [2.45, 2.75) is 19.5 Å². The van der Waals surface area contributed by atoms with Crippen molar-refractivity contribution in [3.63, 3.8) is 0 Å². The van der Waals surface area contributed by atoms with E-state index in [9.17, 15) is 4.39 Å². The topological polar surface area (TPSA) is 29.9 Å². The van der Waals surface area contributed by atoms with E-state index < -0.39 is 0 Å². The summed E-state index contributed by atoms with van der Waals surface area (Å²) in [6.07, 6.45) is 1.91. The summed E-state index contributed by atoms with van der Waals surface area (Å²) in [4.78, 5) is 0. The van der Waals surface area contributed by atoms with Crippen LogP contribution in [0.3, 0.4) is 0 Å². The van der Waals surface area contributed by atoms with Crippen LogP contribution in [0.5, 0.6) is 0 Å². The first-order valence-electron chi connectivity index (χ1n) is 5.62. The first-order valence-corrected chi connectivity index (χ1v) is 5.62. The lowest BCUT2D eigenvalue weighted by Gasteiger charge is -2.13. The third-order valence-corrected chi connectivity index (χ3v) is 2.71. The van der Waals surface area contributed by atoms with Gasteiger partial charge in [0.05, 0.1) is 5.69 Å². The second kappa shape index (κ2) is 5.10. The van der Waals surface area contributed by atoms with Crippen molar-refractivity contribution >= 4 is 0 Å². The van der Waals surface area contributed by atoms with E-state index in [4.69, 9.17) is 0 Å². The third kappa shape index (κ3) is 3.14. The minimum Gasteiger partial charge on any atom is -0.304 e. The molecule has 1 atom stereocenters. The molecule has 1 aromatic heterocycles. The van der Waals surface area contributed by atoms with Gasteiger partial charge in [0.2, 0.25) is 0 Å². The molecule has 0 aliphatic rings.